The topological polar surface area (TPSA) is 33.2 Å². The Morgan fingerprint density at radius 2 is 2.17 bits per heavy atom. The van der Waals surface area contributed by atoms with Crippen LogP contribution in [0.1, 0.15) is 12.8 Å². The maximum absolute atomic E-state index is 11.7. The van der Waals surface area contributed by atoms with Gasteiger partial charge in [-0.25, -0.2) is 4.98 Å². The van der Waals surface area contributed by atoms with Gasteiger partial charge in [-0.3, -0.25) is 9.69 Å². The van der Waals surface area contributed by atoms with Gasteiger partial charge in [0.05, 0.1) is 5.69 Å². The molecule has 0 spiro atoms. The first-order valence-electron chi connectivity index (χ1n) is 5.76. The number of hydrogen-bond donors (Lipinski definition) is 0. The summed E-state index contributed by atoms with van der Waals surface area (Å²) >= 11 is 7.63. The number of anilines is 1. The van der Waals surface area contributed by atoms with Crippen molar-refractivity contribution in [2.24, 2.45) is 0 Å². The molecule has 3 rings (SSSR count). The Bertz CT molecular complexity index is 596. The van der Waals surface area contributed by atoms with Crippen molar-refractivity contribution in [3.63, 3.8) is 0 Å². The van der Waals surface area contributed by atoms with Gasteiger partial charge in [-0.2, -0.15) is 0 Å². The lowest BCUT2D eigenvalue weighted by Gasteiger charge is -2.10. The molecule has 2 aromatic rings. The molecule has 92 valence electrons. The summed E-state index contributed by atoms with van der Waals surface area (Å²) in [6.07, 6.45) is 1.54. The average Bonchev–Trinajstić information content (AvgIpc) is 2.98. The molecule has 0 radical (unpaired) electrons. The number of thiazole rings is 1. The first-order valence-corrected chi connectivity index (χ1v) is 7.02. The van der Waals surface area contributed by atoms with Crippen LogP contribution in [-0.4, -0.2) is 17.4 Å². The minimum atomic E-state index is 0.162. The molecule has 1 saturated heterocycles. The highest BCUT2D eigenvalue weighted by molar-refractivity contribution is 7.14. The van der Waals surface area contributed by atoms with E-state index >= 15 is 0 Å². The molecular formula is C13H11ClN2OS. The largest absolute Gasteiger partial charge is 0.288 e. The Labute approximate surface area is 114 Å². The summed E-state index contributed by atoms with van der Waals surface area (Å²) in [5.41, 5.74) is 1.74. The van der Waals surface area contributed by atoms with E-state index in [1.54, 1.807) is 4.90 Å². The number of benzene rings is 1. The molecule has 0 aliphatic carbocycles. The van der Waals surface area contributed by atoms with Gasteiger partial charge in [0.15, 0.2) is 5.13 Å². The molecule has 1 aromatic carbocycles. The smallest absolute Gasteiger partial charge is 0.228 e. The first kappa shape index (κ1) is 11.7. The Hall–Kier alpha value is -1.39. The molecule has 0 saturated carbocycles. The van der Waals surface area contributed by atoms with Crippen LogP contribution >= 0.6 is 22.9 Å². The standard InChI is InChI=1S/C13H11ClN2OS/c14-10-5-2-1-4-9(10)11-8-18-13(15-11)16-7-3-6-12(16)17/h1-2,4-5,8H,3,6-7H2. The fourth-order valence-electron chi connectivity index (χ4n) is 2.03. The van der Waals surface area contributed by atoms with Gasteiger partial charge < -0.3 is 0 Å². The number of rotatable bonds is 2. The highest BCUT2D eigenvalue weighted by Crippen LogP contribution is 2.33. The van der Waals surface area contributed by atoms with Crippen molar-refractivity contribution in [3.05, 3.63) is 34.7 Å². The van der Waals surface area contributed by atoms with Crippen molar-refractivity contribution in [2.45, 2.75) is 12.8 Å². The summed E-state index contributed by atoms with van der Waals surface area (Å²) < 4.78 is 0. The third-order valence-electron chi connectivity index (χ3n) is 2.95. The third-order valence-corrected chi connectivity index (χ3v) is 4.14. The molecule has 0 unspecified atom stereocenters. The second kappa shape index (κ2) is 4.71. The van der Waals surface area contributed by atoms with Crippen LogP contribution in [0.2, 0.25) is 5.02 Å². The average molecular weight is 279 g/mol. The Morgan fingerprint density at radius 3 is 2.89 bits per heavy atom. The number of aromatic nitrogens is 1. The molecule has 1 aliphatic heterocycles. The van der Waals surface area contributed by atoms with E-state index in [2.05, 4.69) is 4.98 Å². The Morgan fingerprint density at radius 1 is 1.33 bits per heavy atom. The monoisotopic (exact) mass is 278 g/mol. The van der Waals surface area contributed by atoms with E-state index in [9.17, 15) is 4.79 Å². The van der Waals surface area contributed by atoms with E-state index in [-0.39, 0.29) is 5.91 Å². The molecule has 5 heteroatoms. The quantitative estimate of drug-likeness (QED) is 0.841. The third kappa shape index (κ3) is 2.02. The summed E-state index contributed by atoms with van der Waals surface area (Å²) in [6, 6.07) is 7.61. The predicted molar refractivity (Wildman–Crippen MR) is 74.1 cm³/mol. The maximum atomic E-state index is 11.7. The number of carbonyl (C=O) groups excluding carboxylic acids is 1. The van der Waals surface area contributed by atoms with Crippen LogP contribution in [0.3, 0.4) is 0 Å². The summed E-state index contributed by atoms with van der Waals surface area (Å²) in [5, 5.41) is 3.40. The highest BCUT2D eigenvalue weighted by Gasteiger charge is 2.24. The van der Waals surface area contributed by atoms with Crippen LogP contribution < -0.4 is 4.90 Å². The molecule has 1 amide bonds. The van der Waals surface area contributed by atoms with Crippen molar-refractivity contribution in [3.8, 4) is 11.3 Å². The molecule has 1 aromatic heterocycles. The van der Waals surface area contributed by atoms with Gasteiger partial charge in [0, 0.05) is 28.9 Å². The molecule has 0 atom stereocenters. The summed E-state index contributed by atoms with van der Waals surface area (Å²) in [7, 11) is 0. The van der Waals surface area contributed by atoms with Crippen LogP contribution in [-0.2, 0) is 4.79 Å². The van der Waals surface area contributed by atoms with Gasteiger partial charge in [-0.1, -0.05) is 29.8 Å². The lowest BCUT2D eigenvalue weighted by Crippen LogP contribution is -2.23. The molecule has 2 heterocycles. The molecule has 18 heavy (non-hydrogen) atoms. The second-order valence-corrected chi connectivity index (χ2v) is 5.39. The zero-order chi connectivity index (χ0) is 12.5. The van der Waals surface area contributed by atoms with Crippen LogP contribution in [0, 0.1) is 0 Å². The van der Waals surface area contributed by atoms with Crippen molar-refractivity contribution in [1.82, 2.24) is 4.98 Å². The summed E-state index contributed by atoms with van der Waals surface area (Å²) in [6.45, 7) is 0.772. The lowest BCUT2D eigenvalue weighted by molar-refractivity contribution is -0.117. The zero-order valence-electron chi connectivity index (χ0n) is 9.60. The summed E-state index contributed by atoms with van der Waals surface area (Å²) in [4.78, 5) is 17.9. The number of amides is 1. The van der Waals surface area contributed by atoms with Crippen LogP contribution in [0.15, 0.2) is 29.6 Å². The van der Waals surface area contributed by atoms with Gasteiger partial charge in [0.1, 0.15) is 0 Å². The fraction of sp³-hybridized carbons (Fsp3) is 0.231. The SMILES string of the molecule is O=C1CCCN1c1nc(-c2ccccc2Cl)cs1. The van der Waals surface area contributed by atoms with Crippen molar-refractivity contribution in [2.75, 3.05) is 11.4 Å². The first-order chi connectivity index (χ1) is 8.75. The number of halogens is 1. The Balaban J connectivity index is 1.95. The van der Waals surface area contributed by atoms with E-state index in [0.29, 0.717) is 11.4 Å². The Kier molecular flexibility index (Phi) is 3.06. The van der Waals surface area contributed by atoms with Gasteiger partial charge in [0.2, 0.25) is 5.91 Å². The van der Waals surface area contributed by atoms with E-state index in [0.717, 1.165) is 29.4 Å². The van der Waals surface area contributed by atoms with Crippen molar-refractivity contribution in [1.29, 1.82) is 0 Å². The van der Waals surface area contributed by atoms with Gasteiger partial charge in [-0.05, 0) is 12.5 Å². The molecule has 1 aliphatic rings. The second-order valence-electron chi connectivity index (χ2n) is 4.14. The zero-order valence-corrected chi connectivity index (χ0v) is 11.2. The number of carbonyl (C=O) groups is 1. The van der Waals surface area contributed by atoms with Crippen LogP contribution in [0.25, 0.3) is 11.3 Å². The lowest BCUT2D eigenvalue weighted by atomic mass is 10.2. The van der Waals surface area contributed by atoms with E-state index < -0.39 is 0 Å². The van der Waals surface area contributed by atoms with Crippen molar-refractivity contribution >= 4 is 34.0 Å². The normalized spacial score (nSPS) is 15.4. The van der Waals surface area contributed by atoms with E-state index in [1.807, 2.05) is 29.6 Å². The minimum absolute atomic E-state index is 0.162. The van der Waals surface area contributed by atoms with Gasteiger partial charge >= 0.3 is 0 Å². The van der Waals surface area contributed by atoms with Crippen molar-refractivity contribution < 1.29 is 4.79 Å². The van der Waals surface area contributed by atoms with Crippen LogP contribution in [0.5, 0.6) is 0 Å². The summed E-state index contributed by atoms with van der Waals surface area (Å²) in [5.74, 6) is 0.162. The molecule has 0 bridgehead atoms. The molecule has 1 fully saturated rings. The van der Waals surface area contributed by atoms with Gasteiger partial charge in [-0.15, -0.1) is 11.3 Å². The molecular weight excluding hydrogens is 268 g/mol. The van der Waals surface area contributed by atoms with E-state index in [1.165, 1.54) is 11.3 Å². The minimum Gasteiger partial charge on any atom is -0.288 e. The molecule has 0 N–H and O–H groups in total. The number of hydrogen-bond acceptors (Lipinski definition) is 3. The number of nitrogens with zero attached hydrogens (tertiary/aromatic N) is 2. The van der Waals surface area contributed by atoms with Crippen LogP contribution in [0.4, 0.5) is 5.13 Å². The maximum Gasteiger partial charge on any atom is 0.228 e. The fourth-order valence-corrected chi connectivity index (χ4v) is 3.13. The highest BCUT2D eigenvalue weighted by atomic mass is 35.5. The van der Waals surface area contributed by atoms with E-state index in [4.69, 9.17) is 11.6 Å². The molecule has 3 nitrogen and oxygen atoms in total. The predicted octanol–water partition coefficient (Wildman–Crippen LogP) is 3.59. The van der Waals surface area contributed by atoms with Gasteiger partial charge in [0.25, 0.3) is 0 Å².